The number of aryl methyl sites for hydroxylation is 2. The molecule has 0 atom stereocenters. The molecule has 0 bridgehead atoms. The van der Waals surface area contributed by atoms with Crippen LogP contribution < -0.4 is 10.9 Å². The molecule has 0 radical (unpaired) electrons. The first-order chi connectivity index (χ1) is 20.1. The van der Waals surface area contributed by atoms with Crippen molar-refractivity contribution < 1.29 is 37.1 Å². The van der Waals surface area contributed by atoms with Gasteiger partial charge in [-0.05, 0) is 76.2 Å². The van der Waals surface area contributed by atoms with E-state index in [9.17, 15) is 9.59 Å². The summed E-state index contributed by atoms with van der Waals surface area (Å²) in [5.41, 5.74) is 11.3. The van der Waals surface area contributed by atoms with E-state index < -0.39 is 5.09 Å². The topological polar surface area (TPSA) is 175 Å². The predicted molar refractivity (Wildman–Crippen MR) is 161 cm³/mol. The first-order valence-electron chi connectivity index (χ1n) is 12.5. The number of pyridine rings is 2. The molecule has 12 nitrogen and oxygen atoms in total. The fraction of sp³-hybridized carbons (Fsp3) is 0.133. The van der Waals surface area contributed by atoms with Crippen LogP contribution in [0.15, 0.2) is 108 Å². The van der Waals surface area contributed by atoms with Crippen molar-refractivity contribution in [3.05, 3.63) is 146 Å². The number of hydrazone groups is 2. The second kappa shape index (κ2) is 19.1. The Morgan fingerprint density at radius 3 is 1.26 bits per heavy atom. The molecule has 0 unspecified atom stereocenters. The Kier molecular flexibility index (Phi) is 16.0. The molecule has 13 heteroatoms. The van der Waals surface area contributed by atoms with Crippen molar-refractivity contribution in [3.8, 4) is 0 Å². The number of benzene rings is 2. The van der Waals surface area contributed by atoms with Gasteiger partial charge in [-0.25, -0.2) is 10.9 Å². The van der Waals surface area contributed by atoms with Gasteiger partial charge in [0.1, 0.15) is 0 Å². The van der Waals surface area contributed by atoms with Gasteiger partial charge in [0.05, 0.1) is 27.9 Å². The van der Waals surface area contributed by atoms with Crippen molar-refractivity contribution >= 4 is 23.2 Å². The van der Waals surface area contributed by atoms with Crippen molar-refractivity contribution in [3.63, 3.8) is 0 Å². The van der Waals surface area contributed by atoms with Crippen molar-refractivity contribution in [2.45, 2.75) is 27.7 Å². The fourth-order valence-electron chi connectivity index (χ4n) is 3.08. The molecule has 0 fully saturated rings. The molecule has 0 spiro atoms. The number of hydrogen-bond donors (Lipinski definition) is 2. The van der Waals surface area contributed by atoms with Crippen LogP contribution in [0.25, 0.3) is 0 Å². The standard InChI is InChI=1S/2C15H15N3O.Ag.NO3/c2*1-11-6-8-13(9-7-11)15(19)18-17-12(2)14-5-3-4-10-16-14;;2-1(3)4/h2*3-10H,1-2H3,(H,18,19);;/q;;+1;-1/b2*17-12+;;. The van der Waals surface area contributed by atoms with E-state index in [1.807, 2.05) is 74.5 Å². The number of nitrogens with zero attached hydrogens (tertiary/aromatic N) is 5. The summed E-state index contributed by atoms with van der Waals surface area (Å²) in [6.07, 6.45) is 3.38. The number of rotatable bonds is 6. The Hall–Kier alpha value is -5.04. The molecule has 4 aromatic rings. The van der Waals surface area contributed by atoms with Crippen molar-refractivity contribution in [1.29, 1.82) is 0 Å². The van der Waals surface area contributed by atoms with E-state index in [2.05, 4.69) is 31.0 Å². The van der Waals surface area contributed by atoms with Gasteiger partial charge in [0.25, 0.3) is 11.8 Å². The summed E-state index contributed by atoms with van der Waals surface area (Å²) < 4.78 is 0. The Labute approximate surface area is 264 Å². The Morgan fingerprint density at radius 1 is 0.651 bits per heavy atom. The van der Waals surface area contributed by atoms with Crippen molar-refractivity contribution in [2.75, 3.05) is 0 Å². The number of nitrogens with one attached hydrogen (secondary N) is 2. The van der Waals surface area contributed by atoms with Gasteiger partial charge in [-0.1, -0.05) is 47.5 Å². The molecule has 2 N–H and O–H groups in total. The zero-order valence-corrected chi connectivity index (χ0v) is 25.3. The van der Waals surface area contributed by atoms with Crippen LogP contribution in [0.2, 0.25) is 0 Å². The third-order valence-electron chi connectivity index (χ3n) is 5.35. The van der Waals surface area contributed by atoms with Gasteiger partial charge in [0.2, 0.25) is 0 Å². The smallest absolute Gasteiger partial charge is 0.356 e. The maximum Gasteiger partial charge on any atom is 1.00 e. The SMILES string of the molecule is C/C(=N\NC(=O)c1ccc(C)cc1)c1ccccn1.C/C(=N\NC(=O)c1ccc(C)cc1)c1ccccn1.O=[N+]([O-])[O-].[Ag+]. The van der Waals surface area contributed by atoms with Crippen LogP contribution in [0.1, 0.15) is 57.1 Å². The molecule has 43 heavy (non-hydrogen) atoms. The summed E-state index contributed by atoms with van der Waals surface area (Å²) in [5, 5.41) is 22.8. The molecule has 0 aliphatic heterocycles. The maximum absolute atomic E-state index is 11.9. The van der Waals surface area contributed by atoms with E-state index in [-0.39, 0.29) is 34.2 Å². The van der Waals surface area contributed by atoms with Crippen LogP contribution in [0.5, 0.6) is 0 Å². The third-order valence-corrected chi connectivity index (χ3v) is 5.35. The van der Waals surface area contributed by atoms with Gasteiger partial charge in [0.15, 0.2) is 0 Å². The zero-order chi connectivity index (χ0) is 30.9. The molecule has 0 aliphatic rings. The van der Waals surface area contributed by atoms with E-state index in [1.165, 1.54) is 0 Å². The second-order valence-corrected chi connectivity index (χ2v) is 8.66. The number of carbonyl (C=O) groups is 2. The van der Waals surface area contributed by atoms with Gasteiger partial charge in [0, 0.05) is 23.5 Å². The molecular formula is C30H30AgN7O5. The summed E-state index contributed by atoms with van der Waals surface area (Å²) in [6.45, 7) is 7.56. The minimum absolute atomic E-state index is 0. The van der Waals surface area contributed by atoms with E-state index in [1.54, 1.807) is 50.5 Å². The van der Waals surface area contributed by atoms with Crippen LogP contribution in [-0.4, -0.2) is 38.3 Å². The molecule has 0 aliphatic carbocycles. The van der Waals surface area contributed by atoms with E-state index in [0.717, 1.165) is 22.5 Å². The molecule has 226 valence electrons. The Balaban J connectivity index is 0.000000375. The van der Waals surface area contributed by atoms with E-state index in [4.69, 9.17) is 15.3 Å². The Bertz CT molecular complexity index is 1400. The van der Waals surface area contributed by atoms with Crippen LogP contribution in [0.4, 0.5) is 0 Å². The summed E-state index contributed by atoms with van der Waals surface area (Å²) in [5.74, 6) is -0.453. The molecule has 4 rings (SSSR count). The van der Waals surface area contributed by atoms with Gasteiger partial charge < -0.3 is 15.3 Å². The van der Waals surface area contributed by atoms with Crippen molar-refractivity contribution in [1.82, 2.24) is 20.8 Å². The number of amides is 2. The number of hydrogen-bond acceptors (Lipinski definition) is 9. The van der Waals surface area contributed by atoms with Crippen LogP contribution >= 0.6 is 0 Å². The van der Waals surface area contributed by atoms with Gasteiger partial charge in [-0.3, -0.25) is 19.6 Å². The minimum atomic E-state index is -1.75. The van der Waals surface area contributed by atoms with E-state index >= 15 is 0 Å². The van der Waals surface area contributed by atoms with Crippen LogP contribution in [0, 0.1) is 29.2 Å². The number of carbonyl (C=O) groups excluding carboxylic acids is 2. The van der Waals surface area contributed by atoms with Gasteiger partial charge >= 0.3 is 22.4 Å². The van der Waals surface area contributed by atoms with Crippen molar-refractivity contribution in [2.24, 2.45) is 10.2 Å². The monoisotopic (exact) mass is 675 g/mol. The minimum Gasteiger partial charge on any atom is -0.356 e. The summed E-state index contributed by atoms with van der Waals surface area (Å²) >= 11 is 0. The van der Waals surface area contributed by atoms with Crippen LogP contribution in [-0.2, 0) is 22.4 Å². The second-order valence-electron chi connectivity index (χ2n) is 8.66. The molecule has 0 saturated heterocycles. The predicted octanol–water partition coefficient (Wildman–Crippen LogP) is 4.85. The summed E-state index contributed by atoms with van der Waals surface area (Å²) in [6, 6.07) is 25.8. The number of aromatic nitrogens is 2. The maximum atomic E-state index is 11.9. The molecule has 2 aromatic heterocycles. The molecule has 0 saturated carbocycles. The summed E-state index contributed by atoms with van der Waals surface area (Å²) in [7, 11) is 0. The molecule has 2 aromatic carbocycles. The molecule has 2 amide bonds. The molecular weight excluding hydrogens is 646 g/mol. The largest absolute Gasteiger partial charge is 1.00 e. The van der Waals surface area contributed by atoms with Gasteiger partial charge in [-0.15, -0.1) is 0 Å². The average Bonchev–Trinajstić information content (AvgIpc) is 3.00. The fourth-order valence-corrected chi connectivity index (χ4v) is 3.08. The van der Waals surface area contributed by atoms with E-state index in [0.29, 0.717) is 22.6 Å². The third kappa shape index (κ3) is 13.9. The normalized spacial score (nSPS) is 10.4. The van der Waals surface area contributed by atoms with Gasteiger partial charge in [-0.2, -0.15) is 10.2 Å². The first kappa shape index (κ1) is 36.0. The average molecular weight is 676 g/mol. The summed E-state index contributed by atoms with van der Waals surface area (Å²) in [4.78, 5) is 40.3. The first-order valence-corrected chi connectivity index (χ1v) is 12.5. The Morgan fingerprint density at radius 2 is 0.977 bits per heavy atom. The van der Waals surface area contributed by atoms with Crippen LogP contribution in [0.3, 0.4) is 0 Å². The molecule has 2 heterocycles. The quantitative estimate of drug-likeness (QED) is 0.127. The zero-order valence-electron chi connectivity index (χ0n) is 23.8.